The largest absolute Gasteiger partial charge is 0.444 e. The Kier molecular flexibility index (Phi) is 5.13. The summed E-state index contributed by atoms with van der Waals surface area (Å²) in [6, 6.07) is 12.7. The van der Waals surface area contributed by atoms with Gasteiger partial charge in [-0.25, -0.2) is 13.9 Å². The number of nitrogens with zero attached hydrogens (tertiary/aromatic N) is 4. The van der Waals surface area contributed by atoms with Crippen LogP contribution >= 0.6 is 0 Å². The highest BCUT2D eigenvalue weighted by Gasteiger charge is 2.30. The van der Waals surface area contributed by atoms with Crippen molar-refractivity contribution in [3.8, 4) is 5.69 Å². The number of amides is 1. The van der Waals surface area contributed by atoms with E-state index in [1.165, 1.54) is 12.1 Å². The van der Waals surface area contributed by atoms with Crippen LogP contribution in [-0.2, 0) is 4.74 Å². The summed E-state index contributed by atoms with van der Waals surface area (Å²) in [6.07, 6.45) is 1.56. The molecule has 0 N–H and O–H groups in total. The van der Waals surface area contributed by atoms with Gasteiger partial charge in [-0.15, -0.1) is 0 Å². The first-order chi connectivity index (χ1) is 14.2. The molecule has 2 aromatic carbocycles. The maximum Gasteiger partial charge on any atom is 0.410 e. The second kappa shape index (κ2) is 7.63. The lowest BCUT2D eigenvalue weighted by molar-refractivity contribution is 0.0219. The Hall–Kier alpha value is -3.09. The quantitative estimate of drug-likeness (QED) is 0.619. The van der Waals surface area contributed by atoms with Crippen molar-refractivity contribution in [1.82, 2.24) is 14.7 Å². The van der Waals surface area contributed by atoms with Gasteiger partial charge in [0.2, 0.25) is 0 Å². The molecule has 1 atom stereocenters. The lowest BCUT2D eigenvalue weighted by Crippen LogP contribution is -2.54. The van der Waals surface area contributed by atoms with Crippen molar-refractivity contribution >= 4 is 22.7 Å². The second-order valence-corrected chi connectivity index (χ2v) is 8.74. The number of carbonyl (C=O) groups is 1. The van der Waals surface area contributed by atoms with E-state index in [2.05, 4.69) is 29.1 Å². The minimum absolute atomic E-state index is 0.163. The highest BCUT2D eigenvalue weighted by Crippen LogP contribution is 2.27. The number of fused-ring (bicyclic) bond motifs is 1. The molecule has 0 bridgehead atoms. The van der Waals surface area contributed by atoms with Gasteiger partial charge in [0.15, 0.2) is 0 Å². The lowest BCUT2D eigenvalue weighted by atomic mass is 10.1. The Morgan fingerprint density at radius 2 is 1.80 bits per heavy atom. The number of halogens is 1. The number of ether oxygens (including phenoxy) is 1. The van der Waals surface area contributed by atoms with Gasteiger partial charge in [0.25, 0.3) is 0 Å². The molecule has 0 saturated carbocycles. The van der Waals surface area contributed by atoms with Crippen LogP contribution in [0.4, 0.5) is 14.9 Å². The summed E-state index contributed by atoms with van der Waals surface area (Å²) in [4.78, 5) is 16.5. The van der Waals surface area contributed by atoms with Gasteiger partial charge in [0.1, 0.15) is 11.4 Å². The molecule has 0 spiro atoms. The summed E-state index contributed by atoms with van der Waals surface area (Å²) >= 11 is 0. The van der Waals surface area contributed by atoms with Crippen LogP contribution in [0.5, 0.6) is 0 Å². The lowest BCUT2D eigenvalue weighted by Gasteiger charge is -2.41. The summed E-state index contributed by atoms with van der Waals surface area (Å²) in [6.45, 7) is 9.72. The van der Waals surface area contributed by atoms with Crippen LogP contribution in [0.3, 0.4) is 0 Å². The Morgan fingerprint density at radius 3 is 2.47 bits per heavy atom. The van der Waals surface area contributed by atoms with E-state index in [4.69, 9.17) is 4.74 Å². The van der Waals surface area contributed by atoms with Gasteiger partial charge >= 0.3 is 6.09 Å². The van der Waals surface area contributed by atoms with Crippen LogP contribution in [-0.4, -0.2) is 52.1 Å². The van der Waals surface area contributed by atoms with Crippen LogP contribution < -0.4 is 4.90 Å². The molecule has 0 radical (unpaired) electrons. The van der Waals surface area contributed by atoms with E-state index in [9.17, 15) is 9.18 Å². The molecular formula is C23H27FN4O2. The van der Waals surface area contributed by atoms with E-state index in [1.54, 1.807) is 17.0 Å². The monoisotopic (exact) mass is 410 g/mol. The van der Waals surface area contributed by atoms with Crippen LogP contribution in [0.25, 0.3) is 16.6 Å². The second-order valence-electron chi connectivity index (χ2n) is 8.74. The first-order valence-electron chi connectivity index (χ1n) is 10.2. The van der Waals surface area contributed by atoms with Crippen LogP contribution in [0, 0.1) is 5.82 Å². The fourth-order valence-electron chi connectivity index (χ4n) is 3.82. The topological polar surface area (TPSA) is 50.6 Å². The minimum atomic E-state index is -0.493. The van der Waals surface area contributed by atoms with Gasteiger partial charge in [-0.1, -0.05) is 0 Å². The Morgan fingerprint density at radius 1 is 1.10 bits per heavy atom. The van der Waals surface area contributed by atoms with E-state index in [-0.39, 0.29) is 18.0 Å². The Bertz CT molecular complexity index is 1060. The average Bonchev–Trinajstić information content (AvgIpc) is 3.10. The van der Waals surface area contributed by atoms with Gasteiger partial charge in [-0.3, -0.25) is 0 Å². The molecule has 7 heteroatoms. The third-order valence-corrected chi connectivity index (χ3v) is 5.23. The van der Waals surface area contributed by atoms with Gasteiger partial charge in [0, 0.05) is 36.7 Å². The van der Waals surface area contributed by atoms with Crippen LogP contribution in [0.15, 0.2) is 48.7 Å². The fourth-order valence-corrected chi connectivity index (χ4v) is 3.82. The fraction of sp³-hybridized carbons (Fsp3) is 0.391. The zero-order valence-electron chi connectivity index (χ0n) is 17.8. The first-order valence-corrected chi connectivity index (χ1v) is 10.2. The normalized spacial score (nSPS) is 17.4. The number of piperazine rings is 1. The zero-order chi connectivity index (χ0) is 21.5. The molecule has 158 valence electrons. The van der Waals surface area contributed by atoms with Gasteiger partial charge in [0.05, 0.1) is 17.4 Å². The van der Waals surface area contributed by atoms with E-state index in [1.807, 2.05) is 37.7 Å². The summed E-state index contributed by atoms with van der Waals surface area (Å²) < 4.78 is 20.5. The van der Waals surface area contributed by atoms with Gasteiger partial charge in [-0.2, -0.15) is 5.10 Å². The van der Waals surface area contributed by atoms with E-state index < -0.39 is 5.60 Å². The molecule has 30 heavy (non-hydrogen) atoms. The van der Waals surface area contributed by atoms with Crippen molar-refractivity contribution in [2.75, 3.05) is 24.5 Å². The maximum atomic E-state index is 13.2. The number of carbonyl (C=O) groups excluding carboxylic acids is 1. The number of benzene rings is 2. The number of rotatable bonds is 2. The summed E-state index contributed by atoms with van der Waals surface area (Å²) in [5, 5.41) is 5.49. The van der Waals surface area contributed by atoms with Gasteiger partial charge in [-0.05, 0) is 70.2 Å². The molecule has 6 nitrogen and oxygen atoms in total. The molecule has 1 aliphatic heterocycles. The number of aromatic nitrogens is 2. The first kappa shape index (κ1) is 20.2. The molecule has 1 aromatic heterocycles. The average molecular weight is 410 g/mol. The molecule has 1 aliphatic rings. The van der Waals surface area contributed by atoms with Crippen molar-refractivity contribution in [2.24, 2.45) is 0 Å². The number of hydrogen-bond acceptors (Lipinski definition) is 4. The number of anilines is 1. The van der Waals surface area contributed by atoms with E-state index >= 15 is 0 Å². The summed E-state index contributed by atoms with van der Waals surface area (Å²) in [5.41, 5.74) is 2.38. The molecule has 3 aromatic rings. The molecule has 4 rings (SSSR count). The van der Waals surface area contributed by atoms with E-state index in [0.717, 1.165) is 28.8 Å². The third-order valence-electron chi connectivity index (χ3n) is 5.23. The smallest absolute Gasteiger partial charge is 0.410 e. The SMILES string of the molecule is CC1CN(C(=O)OC(C)(C)C)CCN1c1ccc2c(cnn2-c2ccc(F)cc2)c1. The van der Waals surface area contributed by atoms with Gasteiger partial charge < -0.3 is 14.5 Å². The molecule has 2 heterocycles. The van der Waals surface area contributed by atoms with Crippen molar-refractivity contribution in [3.05, 3.63) is 54.5 Å². The van der Waals surface area contributed by atoms with Crippen molar-refractivity contribution in [1.29, 1.82) is 0 Å². The van der Waals surface area contributed by atoms with Crippen molar-refractivity contribution in [2.45, 2.75) is 39.3 Å². The Balaban J connectivity index is 1.52. The van der Waals surface area contributed by atoms with Crippen LogP contribution in [0.1, 0.15) is 27.7 Å². The third kappa shape index (κ3) is 4.10. The summed E-state index contributed by atoms with van der Waals surface area (Å²) in [7, 11) is 0. The van der Waals surface area contributed by atoms with Crippen molar-refractivity contribution < 1.29 is 13.9 Å². The van der Waals surface area contributed by atoms with E-state index in [0.29, 0.717) is 13.1 Å². The predicted molar refractivity (Wildman–Crippen MR) is 116 cm³/mol. The predicted octanol–water partition coefficient (Wildman–Crippen LogP) is 4.61. The maximum absolute atomic E-state index is 13.2. The minimum Gasteiger partial charge on any atom is -0.444 e. The zero-order valence-corrected chi connectivity index (χ0v) is 17.8. The molecule has 1 amide bonds. The highest BCUT2D eigenvalue weighted by atomic mass is 19.1. The highest BCUT2D eigenvalue weighted by molar-refractivity contribution is 5.84. The van der Waals surface area contributed by atoms with Crippen LogP contribution in [0.2, 0.25) is 0 Å². The van der Waals surface area contributed by atoms with Crippen molar-refractivity contribution in [3.63, 3.8) is 0 Å². The summed E-state index contributed by atoms with van der Waals surface area (Å²) in [5.74, 6) is -0.267. The number of hydrogen-bond donors (Lipinski definition) is 0. The standard InChI is InChI=1S/C23H27FN4O2/c1-16-15-26(22(29)30-23(2,3)4)11-12-27(16)20-9-10-21-17(13-20)14-25-28(21)19-7-5-18(24)6-8-19/h5-10,13-14,16H,11-12,15H2,1-4H3. The molecule has 0 aliphatic carbocycles. The Labute approximate surface area is 175 Å². The molecule has 1 saturated heterocycles. The molecule has 1 unspecified atom stereocenters. The molecular weight excluding hydrogens is 383 g/mol. The molecule has 1 fully saturated rings.